The number of rotatable bonds is 8. The lowest BCUT2D eigenvalue weighted by Gasteiger charge is -2.14. The number of ether oxygens (including phenoxy) is 1. The van der Waals surface area contributed by atoms with Crippen molar-refractivity contribution in [3.8, 4) is 5.75 Å². The molecule has 11 heteroatoms. The molecule has 1 aromatic heterocycles. The average molecular weight is 632 g/mol. The molecule has 0 saturated heterocycles. The van der Waals surface area contributed by atoms with Gasteiger partial charge in [0, 0.05) is 27.6 Å². The van der Waals surface area contributed by atoms with Crippen LogP contribution >= 0.6 is 31.9 Å². The van der Waals surface area contributed by atoms with Crippen LogP contribution in [0.4, 0.5) is 10.1 Å². The van der Waals surface area contributed by atoms with Crippen LogP contribution in [0.3, 0.4) is 0 Å². The van der Waals surface area contributed by atoms with Crippen LogP contribution in [0.25, 0.3) is 10.9 Å². The SMILES string of the molecule is CC[C@H](C)c1nc2ccc(Br)cc2c(=O)n1N=Cc1cc(Br)c(OCc2ccccc2F)c([N+](=O)[O-])c1. The summed E-state index contributed by atoms with van der Waals surface area (Å²) in [6.07, 6.45) is 2.09. The highest BCUT2D eigenvalue weighted by molar-refractivity contribution is 9.10. The molecule has 0 radical (unpaired) electrons. The molecule has 0 aliphatic heterocycles. The fourth-order valence-corrected chi connectivity index (χ4v) is 4.56. The molecule has 4 rings (SSSR count). The Morgan fingerprint density at radius 2 is 1.97 bits per heavy atom. The zero-order chi connectivity index (χ0) is 26.7. The van der Waals surface area contributed by atoms with Gasteiger partial charge in [-0.3, -0.25) is 14.9 Å². The molecule has 190 valence electrons. The quantitative estimate of drug-likeness (QED) is 0.119. The standard InChI is InChI=1S/C26H21Br2FN4O4/c1-3-15(2)25-31-22-9-8-18(27)12-19(22)26(34)32(25)30-13-16-10-20(28)24(23(11-16)33(35)36)37-14-17-6-4-5-7-21(17)29/h4-13,15H,3,14H2,1-2H3/t15-/m0/s1. The molecule has 0 aliphatic rings. The highest BCUT2D eigenvalue weighted by Gasteiger charge is 2.21. The lowest BCUT2D eigenvalue weighted by molar-refractivity contribution is -0.386. The van der Waals surface area contributed by atoms with Crippen LogP contribution in [0.15, 0.2) is 73.4 Å². The van der Waals surface area contributed by atoms with E-state index in [-0.39, 0.29) is 39.6 Å². The van der Waals surface area contributed by atoms with Crippen LogP contribution in [-0.4, -0.2) is 20.8 Å². The maximum atomic E-state index is 14.0. The molecule has 0 N–H and O–H groups in total. The smallest absolute Gasteiger partial charge is 0.312 e. The third-order valence-electron chi connectivity index (χ3n) is 5.78. The van der Waals surface area contributed by atoms with E-state index in [1.165, 1.54) is 23.0 Å². The summed E-state index contributed by atoms with van der Waals surface area (Å²) in [5.41, 5.74) is 0.498. The van der Waals surface area contributed by atoms with Crippen LogP contribution < -0.4 is 10.3 Å². The minimum atomic E-state index is -0.593. The fourth-order valence-electron chi connectivity index (χ4n) is 3.62. The number of hydrogen-bond donors (Lipinski definition) is 0. The Morgan fingerprint density at radius 1 is 1.22 bits per heavy atom. The zero-order valence-electron chi connectivity index (χ0n) is 19.8. The van der Waals surface area contributed by atoms with E-state index in [9.17, 15) is 19.3 Å². The van der Waals surface area contributed by atoms with Crippen molar-refractivity contribution in [2.24, 2.45) is 5.10 Å². The van der Waals surface area contributed by atoms with Crippen molar-refractivity contribution >= 4 is 54.7 Å². The van der Waals surface area contributed by atoms with Crippen LogP contribution in [0.1, 0.15) is 43.1 Å². The fraction of sp³-hybridized carbons (Fsp3) is 0.192. The van der Waals surface area contributed by atoms with Crippen LogP contribution in [0, 0.1) is 15.9 Å². The lowest BCUT2D eigenvalue weighted by Crippen LogP contribution is -2.23. The van der Waals surface area contributed by atoms with E-state index in [1.54, 1.807) is 36.4 Å². The molecule has 4 aromatic rings. The lowest BCUT2D eigenvalue weighted by atomic mass is 10.1. The summed E-state index contributed by atoms with van der Waals surface area (Å²) < 4.78 is 21.8. The van der Waals surface area contributed by atoms with Gasteiger partial charge in [-0.25, -0.2) is 9.37 Å². The van der Waals surface area contributed by atoms with Crippen molar-refractivity contribution in [2.75, 3.05) is 0 Å². The third-order valence-corrected chi connectivity index (χ3v) is 6.86. The van der Waals surface area contributed by atoms with E-state index in [2.05, 4.69) is 41.9 Å². The number of fused-ring (bicyclic) bond motifs is 1. The maximum absolute atomic E-state index is 14.0. The first kappa shape index (κ1) is 26.6. The second kappa shape index (κ2) is 11.3. The van der Waals surface area contributed by atoms with Gasteiger partial charge >= 0.3 is 5.69 Å². The van der Waals surface area contributed by atoms with Gasteiger partial charge in [0.2, 0.25) is 5.75 Å². The molecule has 0 amide bonds. The molecule has 0 bridgehead atoms. The molecular weight excluding hydrogens is 611 g/mol. The topological polar surface area (TPSA) is 99.6 Å². The number of aromatic nitrogens is 2. The van der Waals surface area contributed by atoms with Gasteiger partial charge in [0.1, 0.15) is 18.2 Å². The van der Waals surface area contributed by atoms with E-state index < -0.39 is 10.7 Å². The highest BCUT2D eigenvalue weighted by Crippen LogP contribution is 2.37. The first-order valence-corrected chi connectivity index (χ1v) is 12.9. The van der Waals surface area contributed by atoms with Crippen molar-refractivity contribution < 1.29 is 14.1 Å². The molecule has 0 fully saturated rings. The van der Waals surface area contributed by atoms with Gasteiger partial charge in [-0.05, 0) is 52.7 Å². The summed E-state index contributed by atoms with van der Waals surface area (Å²) in [4.78, 5) is 29.2. The van der Waals surface area contributed by atoms with Gasteiger partial charge < -0.3 is 4.74 Å². The molecule has 0 spiro atoms. The monoisotopic (exact) mass is 630 g/mol. The summed E-state index contributed by atoms with van der Waals surface area (Å²) in [7, 11) is 0. The van der Waals surface area contributed by atoms with Crippen molar-refractivity contribution in [2.45, 2.75) is 32.8 Å². The van der Waals surface area contributed by atoms with Gasteiger partial charge in [-0.2, -0.15) is 9.78 Å². The Morgan fingerprint density at radius 3 is 2.68 bits per heavy atom. The number of hydrogen-bond acceptors (Lipinski definition) is 6. The summed E-state index contributed by atoms with van der Waals surface area (Å²) in [5.74, 6) is -0.0891. The van der Waals surface area contributed by atoms with Gasteiger partial charge in [0.05, 0.1) is 26.5 Å². The van der Waals surface area contributed by atoms with Gasteiger partial charge in [0.15, 0.2) is 0 Å². The van der Waals surface area contributed by atoms with Gasteiger partial charge in [0.25, 0.3) is 5.56 Å². The molecule has 3 aromatic carbocycles. The van der Waals surface area contributed by atoms with E-state index in [0.29, 0.717) is 22.3 Å². The largest absolute Gasteiger partial charge is 0.481 e. The molecule has 1 atom stereocenters. The second-order valence-corrected chi connectivity index (χ2v) is 10.1. The molecule has 0 saturated carbocycles. The predicted molar refractivity (Wildman–Crippen MR) is 147 cm³/mol. The summed E-state index contributed by atoms with van der Waals surface area (Å²) >= 11 is 6.70. The van der Waals surface area contributed by atoms with Crippen LogP contribution in [0.5, 0.6) is 5.75 Å². The van der Waals surface area contributed by atoms with Gasteiger partial charge in [-0.1, -0.05) is 48.0 Å². The van der Waals surface area contributed by atoms with E-state index in [4.69, 9.17) is 4.74 Å². The van der Waals surface area contributed by atoms with Crippen molar-refractivity contribution in [1.29, 1.82) is 0 Å². The first-order chi connectivity index (χ1) is 17.7. The number of nitrogens with zero attached hydrogens (tertiary/aromatic N) is 4. The average Bonchev–Trinajstić information content (AvgIpc) is 2.87. The van der Waals surface area contributed by atoms with Crippen LogP contribution in [0.2, 0.25) is 0 Å². The minimum Gasteiger partial charge on any atom is -0.481 e. The number of benzene rings is 3. The Bertz CT molecular complexity index is 1590. The minimum absolute atomic E-state index is 0.0416. The van der Waals surface area contributed by atoms with Crippen molar-refractivity contribution in [3.05, 3.63) is 107 Å². The third kappa shape index (κ3) is 5.78. The molecule has 0 unspecified atom stereocenters. The highest BCUT2D eigenvalue weighted by atomic mass is 79.9. The normalized spacial score (nSPS) is 12.2. The summed E-state index contributed by atoms with van der Waals surface area (Å²) in [5, 5.41) is 16.6. The molecular formula is C26H21Br2FN4O4. The Balaban J connectivity index is 1.74. The summed E-state index contributed by atoms with van der Waals surface area (Å²) in [6.45, 7) is 3.74. The van der Waals surface area contributed by atoms with Crippen molar-refractivity contribution in [3.63, 3.8) is 0 Å². The van der Waals surface area contributed by atoms with Gasteiger partial charge in [-0.15, -0.1) is 0 Å². The van der Waals surface area contributed by atoms with E-state index in [1.807, 2.05) is 19.9 Å². The molecule has 37 heavy (non-hydrogen) atoms. The molecule has 1 heterocycles. The Hall–Kier alpha value is -3.44. The van der Waals surface area contributed by atoms with E-state index in [0.717, 1.165) is 10.9 Å². The second-order valence-electron chi connectivity index (χ2n) is 8.29. The Labute approximate surface area is 228 Å². The predicted octanol–water partition coefficient (Wildman–Crippen LogP) is 6.94. The molecule has 0 aliphatic carbocycles. The summed E-state index contributed by atoms with van der Waals surface area (Å²) in [6, 6.07) is 14.2. The number of nitro benzene ring substituents is 1. The van der Waals surface area contributed by atoms with E-state index >= 15 is 0 Å². The zero-order valence-corrected chi connectivity index (χ0v) is 23.0. The Kier molecular flexibility index (Phi) is 8.13. The number of halogens is 3. The molecule has 8 nitrogen and oxygen atoms in total. The first-order valence-electron chi connectivity index (χ1n) is 11.3. The maximum Gasteiger partial charge on any atom is 0.312 e. The van der Waals surface area contributed by atoms with Crippen LogP contribution in [-0.2, 0) is 6.61 Å². The van der Waals surface area contributed by atoms with Crippen molar-refractivity contribution in [1.82, 2.24) is 9.66 Å². The number of nitro groups is 1.